The van der Waals surface area contributed by atoms with Gasteiger partial charge < -0.3 is 14.2 Å². The van der Waals surface area contributed by atoms with Crippen molar-refractivity contribution in [3.05, 3.63) is 65.4 Å². The lowest BCUT2D eigenvalue weighted by Crippen LogP contribution is -2.31. The van der Waals surface area contributed by atoms with Crippen LogP contribution in [0, 0.1) is 0 Å². The molecule has 1 amide bonds. The van der Waals surface area contributed by atoms with Crippen molar-refractivity contribution in [3.8, 4) is 5.75 Å². The lowest BCUT2D eigenvalue weighted by atomic mass is 10.1. The number of nitrogens with zero attached hydrogens (tertiary/aromatic N) is 2. The standard InChI is InChI=1S/C22H24N2O2/c1-3-12-23-14-17-11-13-24(15-16-7-6-9-19(23)21(16)17)22(25)18-8-4-5-10-20(18)26-2/h4-10,14H,3,11-13,15H2,1-2H3. The molecule has 1 aliphatic rings. The Hall–Kier alpha value is -2.75. The molecule has 4 nitrogen and oxygen atoms in total. The van der Waals surface area contributed by atoms with E-state index in [1.165, 1.54) is 22.0 Å². The molecule has 4 heteroatoms. The predicted octanol–water partition coefficient (Wildman–Crippen LogP) is 4.26. The van der Waals surface area contributed by atoms with E-state index in [1.54, 1.807) is 7.11 Å². The summed E-state index contributed by atoms with van der Waals surface area (Å²) in [4.78, 5) is 15.1. The number of carbonyl (C=O) groups is 1. The Balaban J connectivity index is 1.71. The van der Waals surface area contributed by atoms with Gasteiger partial charge in [-0.1, -0.05) is 31.2 Å². The van der Waals surface area contributed by atoms with E-state index in [4.69, 9.17) is 4.74 Å². The zero-order valence-corrected chi connectivity index (χ0v) is 15.4. The number of benzene rings is 2. The topological polar surface area (TPSA) is 34.5 Å². The summed E-state index contributed by atoms with van der Waals surface area (Å²) in [6, 6.07) is 13.9. The number of aryl methyl sites for hydroxylation is 1. The molecule has 2 aromatic carbocycles. The quantitative estimate of drug-likeness (QED) is 0.706. The maximum atomic E-state index is 13.1. The second-order valence-electron chi connectivity index (χ2n) is 6.84. The van der Waals surface area contributed by atoms with Crippen molar-refractivity contribution in [3.63, 3.8) is 0 Å². The Morgan fingerprint density at radius 2 is 1.96 bits per heavy atom. The molecule has 134 valence electrons. The summed E-state index contributed by atoms with van der Waals surface area (Å²) in [7, 11) is 1.61. The smallest absolute Gasteiger partial charge is 0.257 e. The second-order valence-corrected chi connectivity index (χ2v) is 6.84. The largest absolute Gasteiger partial charge is 0.496 e. The van der Waals surface area contributed by atoms with Crippen LogP contribution >= 0.6 is 0 Å². The van der Waals surface area contributed by atoms with E-state index in [9.17, 15) is 4.79 Å². The molecule has 1 aliphatic heterocycles. The van der Waals surface area contributed by atoms with Gasteiger partial charge in [0.15, 0.2) is 0 Å². The van der Waals surface area contributed by atoms with Crippen molar-refractivity contribution in [2.24, 2.45) is 0 Å². The number of rotatable bonds is 4. The Morgan fingerprint density at radius 3 is 2.77 bits per heavy atom. The second kappa shape index (κ2) is 6.87. The molecule has 0 saturated heterocycles. The van der Waals surface area contributed by atoms with Gasteiger partial charge in [-0.05, 0) is 42.2 Å². The molecule has 0 aliphatic carbocycles. The maximum Gasteiger partial charge on any atom is 0.257 e. The number of methoxy groups -OCH3 is 1. The van der Waals surface area contributed by atoms with E-state index in [-0.39, 0.29) is 5.91 Å². The van der Waals surface area contributed by atoms with E-state index >= 15 is 0 Å². The minimum atomic E-state index is 0.0334. The molecule has 0 unspecified atom stereocenters. The van der Waals surface area contributed by atoms with Crippen molar-refractivity contribution in [2.75, 3.05) is 13.7 Å². The lowest BCUT2D eigenvalue weighted by Gasteiger charge is -2.22. The zero-order valence-electron chi connectivity index (χ0n) is 15.4. The van der Waals surface area contributed by atoms with Crippen LogP contribution in [0.15, 0.2) is 48.7 Å². The third kappa shape index (κ3) is 2.75. The molecular weight excluding hydrogens is 324 g/mol. The third-order valence-corrected chi connectivity index (χ3v) is 5.17. The number of ether oxygens (including phenoxy) is 1. The summed E-state index contributed by atoms with van der Waals surface area (Å²) >= 11 is 0. The highest BCUT2D eigenvalue weighted by atomic mass is 16.5. The SMILES string of the molecule is CCCn1cc2c3c(cccc31)CN(C(=O)c1ccccc1OC)CC2. The van der Waals surface area contributed by atoms with Gasteiger partial charge in [-0.15, -0.1) is 0 Å². The fourth-order valence-corrected chi connectivity index (χ4v) is 3.97. The van der Waals surface area contributed by atoms with Crippen molar-refractivity contribution in [2.45, 2.75) is 32.9 Å². The number of hydrogen-bond donors (Lipinski definition) is 0. The van der Waals surface area contributed by atoms with Crippen molar-refractivity contribution < 1.29 is 9.53 Å². The highest BCUT2D eigenvalue weighted by molar-refractivity contribution is 5.97. The molecule has 0 fully saturated rings. The number of amides is 1. The first kappa shape index (κ1) is 16.7. The number of carbonyl (C=O) groups excluding carboxylic acids is 1. The van der Waals surface area contributed by atoms with Crippen LogP contribution in [0.1, 0.15) is 34.8 Å². The normalized spacial score (nSPS) is 13.7. The van der Waals surface area contributed by atoms with Gasteiger partial charge in [-0.3, -0.25) is 4.79 Å². The summed E-state index contributed by atoms with van der Waals surface area (Å²) in [5.74, 6) is 0.666. The first-order valence-electron chi connectivity index (χ1n) is 9.24. The van der Waals surface area contributed by atoms with E-state index in [2.05, 4.69) is 35.9 Å². The van der Waals surface area contributed by atoms with Gasteiger partial charge in [0.2, 0.25) is 0 Å². The van der Waals surface area contributed by atoms with Gasteiger partial charge in [-0.2, -0.15) is 0 Å². The lowest BCUT2D eigenvalue weighted by molar-refractivity contribution is 0.0744. The zero-order chi connectivity index (χ0) is 18.1. The molecular formula is C22H24N2O2. The minimum Gasteiger partial charge on any atom is -0.496 e. The van der Waals surface area contributed by atoms with Crippen molar-refractivity contribution in [1.82, 2.24) is 9.47 Å². The fourth-order valence-electron chi connectivity index (χ4n) is 3.97. The van der Waals surface area contributed by atoms with Gasteiger partial charge in [-0.25, -0.2) is 0 Å². The number of hydrogen-bond acceptors (Lipinski definition) is 2. The number of para-hydroxylation sites is 1. The first-order chi connectivity index (χ1) is 12.7. The van der Waals surface area contributed by atoms with Crippen molar-refractivity contribution in [1.29, 1.82) is 0 Å². The van der Waals surface area contributed by atoms with Crippen LogP contribution in [0.2, 0.25) is 0 Å². The maximum absolute atomic E-state index is 13.1. The van der Waals surface area contributed by atoms with E-state index in [0.29, 0.717) is 17.9 Å². The molecule has 1 aromatic heterocycles. The molecule has 0 spiro atoms. The Kier molecular flexibility index (Phi) is 4.41. The fraction of sp³-hybridized carbons (Fsp3) is 0.318. The summed E-state index contributed by atoms with van der Waals surface area (Å²) in [5.41, 5.74) is 4.49. The molecule has 2 heterocycles. The van der Waals surface area contributed by atoms with Crippen LogP contribution in [-0.2, 0) is 19.5 Å². The van der Waals surface area contributed by atoms with Crippen LogP contribution in [0.25, 0.3) is 10.9 Å². The molecule has 0 saturated carbocycles. The molecule has 0 radical (unpaired) electrons. The van der Waals surface area contributed by atoms with E-state index in [1.807, 2.05) is 29.2 Å². The Bertz CT molecular complexity index is 958. The molecule has 3 aromatic rings. The van der Waals surface area contributed by atoms with Gasteiger partial charge in [0.05, 0.1) is 12.7 Å². The van der Waals surface area contributed by atoms with E-state index in [0.717, 1.165) is 25.9 Å². The molecule has 26 heavy (non-hydrogen) atoms. The molecule has 4 rings (SSSR count). The monoisotopic (exact) mass is 348 g/mol. The van der Waals surface area contributed by atoms with Gasteiger partial charge in [0, 0.05) is 36.7 Å². The van der Waals surface area contributed by atoms with Gasteiger partial charge >= 0.3 is 0 Å². The van der Waals surface area contributed by atoms with Crippen LogP contribution in [0.4, 0.5) is 0 Å². The van der Waals surface area contributed by atoms with Crippen LogP contribution in [0.3, 0.4) is 0 Å². The van der Waals surface area contributed by atoms with E-state index < -0.39 is 0 Å². The predicted molar refractivity (Wildman–Crippen MR) is 104 cm³/mol. The van der Waals surface area contributed by atoms with Crippen LogP contribution in [0.5, 0.6) is 5.75 Å². The molecule has 0 N–H and O–H groups in total. The third-order valence-electron chi connectivity index (χ3n) is 5.17. The van der Waals surface area contributed by atoms with Gasteiger partial charge in [0.25, 0.3) is 5.91 Å². The summed E-state index contributed by atoms with van der Waals surface area (Å²) in [6.07, 6.45) is 4.27. The van der Waals surface area contributed by atoms with Crippen LogP contribution < -0.4 is 4.74 Å². The highest BCUT2D eigenvalue weighted by Gasteiger charge is 2.24. The highest BCUT2D eigenvalue weighted by Crippen LogP contribution is 2.31. The summed E-state index contributed by atoms with van der Waals surface area (Å²) in [5, 5.41) is 1.33. The minimum absolute atomic E-state index is 0.0334. The summed E-state index contributed by atoms with van der Waals surface area (Å²) < 4.78 is 7.74. The Labute approximate surface area is 154 Å². The van der Waals surface area contributed by atoms with Gasteiger partial charge in [0.1, 0.15) is 5.75 Å². The average molecular weight is 348 g/mol. The molecule has 0 atom stereocenters. The number of aromatic nitrogens is 1. The summed E-state index contributed by atoms with van der Waals surface area (Å²) in [6.45, 7) is 4.59. The Morgan fingerprint density at radius 1 is 1.12 bits per heavy atom. The average Bonchev–Trinajstić information content (AvgIpc) is 2.91. The van der Waals surface area contributed by atoms with Crippen LogP contribution in [-0.4, -0.2) is 29.0 Å². The van der Waals surface area contributed by atoms with Crippen molar-refractivity contribution >= 4 is 16.8 Å². The molecule has 0 bridgehead atoms. The first-order valence-corrected chi connectivity index (χ1v) is 9.24.